The fraction of sp³-hybridized carbons (Fsp3) is 0.371. The number of nitrogens with two attached hydrogens (primary N) is 1. The minimum Gasteiger partial charge on any atom is -0.444 e. The van der Waals surface area contributed by atoms with E-state index in [4.69, 9.17) is 15.2 Å². The third-order valence-electron chi connectivity index (χ3n) is 6.93. The van der Waals surface area contributed by atoms with E-state index < -0.39 is 47.0 Å². The van der Waals surface area contributed by atoms with Crippen molar-refractivity contribution < 1.29 is 28.7 Å². The predicted octanol–water partition coefficient (Wildman–Crippen LogP) is 3.67. The third-order valence-corrected chi connectivity index (χ3v) is 6.93. The lowest BCUT2D eigenvalue weighted by molar-refractivity contribution is -0.132. The molecule has 0 radical (unpaired) electrons. The molecule has 6 N–H and O–H groups in total. The molecule has 0 bridgehead atoms. The molecule has 246 valence electrons. The van der Waals surface area contributed by atoms with Crippen molar-refractivity contribution in [3.05, 3.63) is 108 Å². The van der Waals surface area contributed by atoms with Crippen molar-refractivity contribution in [2.75, 3.05) is 13.2 Å². The topological polar surface area (TPSA) is 161 Å². The summed E-state index contributed by atoms with van der Waals surface area (Å²) in [6, 6.07) is 26.1. The SMILES string of the molecule is CCCCOC[C@H](NC(=O)OC(C)(C)C)C(=O)NNC(=O)[C@@H](N)CC(=O)NC(c1ccccc1)(c1ccccc1)c1ccccc1. The molecule has 0 unspecified atom stereocenters. The minimum atomic E-state index is -1.31. The number of rotatable bonds is 14. The van der Waals surface area contributed by atoms with Crippen molar-refractivity contribution in [3.63, 3.8) is 0 Å². The molecule has 0 spiro atoms. The van der Waals surface area contributed by atoms with E-state index in [2.05, 4.69) is 21.5 Å². The van der Waals surface area contributed by atoms with Gasteiger partial charge in [0.1, 0.15) is 17.2 Å². The van der Waals surface area contributed by atoms with Gasteiger partial charge in [-0.25, -0.2) is 4.79 Å². The number of amides is 4. The molecule has 3 aromatic rings. The van der Waals surface area contributed by atoms with E-state index in [-0.39, 0.29) is 13.0 Å². The first-order chi connectivity index (χ1) is 22.0. The summed E-state index contributed by atoms with van der Waals surface area (Å²) < 4.78 is 10.8. The van der Waals surface area contributed by atoms with Gasteiger partial charge in [0.15, 0.2) is 0 Å². The van der Waals surface area contributed by atoms with Crippen LogP contribution >= 0.6 is 0 Å². The molecule has 2 atom stereocenters. The van der Waals surface area contributed by atoms with Gasteiger partial charge in [-0.1, -0.05) is 104 Å². The van der Waals surface area contributed by atoms with Gasteiger partial charge < -0.3 is 25.8 Å². The second-order valence-electron chi connectivity index (χ2n) is 11.8. The van der Waals surface area contributed by atoms with Gasteiger partial charge in [0.2, 0.25) is 5.91 Å². The Kier molecular flexibility index (Phi) is 13.3. The molecular formula is C35H45N5O6. The van der Waals surface area contributed by atoms with Crippen molar-refractivity contribution in [2.24, 2.45) is 5.73 Å². The monoisotopic (exact) mass is 631 g/mol. The Labute approximate surface area is 270 Å². The highest BCUT2D eigenvalue weighted by Gasteiger charge is 2.38. The Hall–Kier alpha value is -4.74. The van der Waals surface area contributed by atoms with Crippen LogP contribution in [-0.4, -0.2) is 54.7 Å². The van der Waals surface area contributed by atoms with Crippen molar-refractivity contribution in [1.82, 2.24) is 21.5 Å². The molecular weight excluding hydrogens is 586 g/mol. The van der Waals surface area contributed by atoms with E-state index >= 15 is 0 Å². The van der Waals surface area contributed by atoms with Crippen LogP contribution in [0.4, 0.5) is 4.79 Å². The highest BCUT2D eigenvalue weighted by Crippen LogP contribution is 2.36. The van der Waals surface area contributed by atoms with Gasteiger partial charge >= 0.3 is 6.09 Å². The fourth-order valence-corrected chi connectivity index (χ4v) is 4.72. The second kappa shape index (κ2) is 17.1. The Morgan fingerprint density at radius 2 is 1.24 bits per heavy atom. The molecule has 0 aliphatic rings. The molecule has 0 saturated heterocycles. The smallest absolute Gasteiger partial charge is 0.408 e. The van der Waals surface area contributed by atoms with E-state index in [0.717, 1.165) is 29.5 Å². The first-order valence-corrected chi connectivity index (χ1v) is 15.4. The zero-order valence-electron chi connectivity index (χ0n) is 26.9. The quantitative estimate of drug-likeness (QED) is 0.103. The number of benzene rings is 3. The molecule has 4 amide bonds. The normalized spacial score (nSPS) is 12.7. The van der Waals surface area contributed by atoms with Gasteiger partial charge in [-0.15, -0.1) is 0 Å². The van der Waals surface area contributed by atoms with Gasteiger partial charge in [0.25, 0.3) is 11.8 Å². The molecule has 46 heavy (non-hydrogen) atoms. The summed E-state index contributed by atoms with van der Waals surface area (Å²) in [6.07, 6.45) is 0.468. The highest BCUT2D eigenvalue weighted by atomic mass is 16.6. The van der Waals surface area contributed by atoms with Crippen LogP contribution in [0.25, 0.3) is 0 Å². The molecule has 0 aliphatic heterocycles. The zero-order chi connectivity index (χ0) is 33.6. The molecule has 0 saturated carbocycles. The number of hydrogen-bond donors (Lipinski definition) is 5. The number of hydrogen-bond acceptors (Lipinski definition) is 7. The molecule has 0 fully saturated rings. The van der Waals surface area contributed by atoms with Gasteiger partial charge in [0.05, 0.1) is 19.1 Å². The van der Waals surface area contributed by atoms with Crippen molar-refractivity contribution in [2.45, 2.75) is 70.2 Å². The Morgan fingerprint density at radius 3 is 1.70 bits per heavy atom. The molecule has 0 aromatic heterocycles. The van der Waals surface area contributed by atoms with Crippen LogP contribution < -0.4 is 27.2 Å². The largest absolute Gasteiger partial charge is 0.444 e. The third kappa shape index (κ3) is 10.4. The molecule has 11 nitrogen and oxygen atoms in total. The second-order valence-corrected chi connectivity index (χ2v) is 11.8. The molecule has 0 aliphatic carbocycles. The van der Waals surface area contributed by atoms with Crippen LogP contribution in [0.2, 0.25) is 0 Å². The lowest BCUT2D eigenvalue weighted by atomic mass is 9.77. The average Bonchev–Trinajstić information content (AvgIpc) is 3.04. The summed E-state index contributed by atoms with van der Waals surface area (Å²) in [7, 11) is 0. The Morgan fingerprint density at radius 1 is 0.761 bits per heavy atom. The number of carbonyl (C=O) groups is 4. The number of alkyl carbamates (subject to hydrolysis) is 1. The summed E-state index contributed by atoms with van der Waals surface area (Å²) >= 11 is 0. The number of nitrogens with one attached hydrogen (secondary N) is 4. The van der Waals surface area contributed by atoms with E-state index in [1.165, 1.54) is 0 Å². The number of unbranched alkanes of at least 4 members (excludes halogenated alkanes) is 1. The highest BCUT2D eigenvalue weighted by molar-refractivity contribution is 5.92. The first kappa shape index (κ1) is 35.7. The number of ether oxygens (including phenoxy) is 2. The van der Waals surface area contributed by atoms with E-state index in [1.807, 2.05) is 97.9 Å². The van der Waals surface area contributed by atoms with Crippen LogP contribution in [0.5, 0.6) is 0 Å². The van der Waals surface area contributed by atoms with Crippen LogP contribution in [0.3, 0.4) is 0 Å². The summed E-state index contributed by atoms with van der Waals surface area (Å²) in [6.45, 7) is 7.33. The Bertz CT molecular complexity index is 1320. The van der Waals surface area contributed by atoms with Crippen molar-refractivity contribution in [3.8, 4) is 0 Å². The lowest BCUT2D eigenvalue weighted by Gasteiger charge is -2.37. The van der Waals surface area contributed by atoms with Gasteiger partial charge in [0, 0.05) is 6.61 Å². The molecule has 3 rings (SSSR count). The van der Waals surface area contributed by atoms with Crippen molar-refractivity contribution >= 4 is 23.8 Å². The average molecular weight is 632 g/mol. The predicted molar refractivity (Wildman–Crippen MR) is 175 cm³/mol. The first-order valence-electron chi connectivity index (χ1n) is 15.4. The van der Waals surface area contributed by atoms with Crippen LogP contribution in [0.1, 0.15) is 63.6 Å². The maximum atomic E-state index is 13.6. The van der Waals surface area contributed by atoms with E-state index in [0.29, 0.717) is 6.61 Å². The van der Waals surface area contributed by atoms with Crippen molar-refractivity contribution in [1.29, 1.82) is 0 Å². The molecule has 11 heteroatoms. The standard InChI is InChI=1S/C35H45N5O6/c1-5-6-22-45-24-29(37-33(44)46-34(2,3)4)32(43)40-39-31(42)28(36)23-30(41)38-35(25-16-10-7-11-17-25,26-18-12-8-13-19-26)27-20-14-9-15-21-27/h7-21,28-29H,5-6,22-24,36H2,1-4H3,(H,37,44)(H,38,41)(H,39,42)(H,40,43)/t28-,29-/m0/s1. The van der Waals surface area contributed by atoms with E-state index in [1.54, 1.807) is 20.8 Å². The van der Waals surface area contributed by atoms with Crippen LogP contribution in [0, 0.1) is 0 Å². The fourth-order valence-electron chi connectivity index (χ4n) is 4.72. The van der Waals surface area contributed by atoms with E-state index in [9.17, 15) is 19.2 Å². The zero-order valence-corrected chi connectivity index (χ0v) is 26.9. The molecule has 0 heterocycles. The van der Waals surface area contributed by atoms with Gasteiger partial charge in [-0.05, 0) is 43.9 Å². The summed E-state index contributed by atoms with van der Waals surface area (Å²) in [5.74, 6) is -2.03. The van der Waals surface area contributed by atoms with Crippen LogP contribution in [0.15, 0.2) is 91.0 Å². The van der Waals surface area contributed by atoms with Gasteiger partial charge in [-0.2, -0.15) is 0 Å². The number of hydrazine groups is 1. The Balaban J connectivity index is 1.72. The molecule has 3 aromatic carbocycles. The summed E-state index contributed by atoms with van der Waals surface area (Å²) in [5, 5.41) is 5.62. The summed E-state index contributed by atoms with van der Waals surface area (Å²) in [5.41, 5.74) is 11.3. The summed E-state index contributed by atoms with van der Waals surface area (Å²) in [4.78, 5) is 51.8. The minimum absolute atomic E-state index is 0.143. The number of carbonyl (C=O) groups excluding carboxylic acids is 4. The maximum absolute atomic E-state index is 13.6. The lowest BCUT2D eigenvalue weighted by Crippen LogP contribution is -2.57. The van der Waals surface area contributed by atoms with Gasteiger partial charge in [-0.3, -0.25) is 25.2 Å². The van der Waals surface area contributed by atoms with Crippen LogP contribution in [-0.2, 0) is 29.4 Å². The maximum Gasteiger partial charge on any atom is 0.408 e.